The minimum Gasteiger partial charge on any atom is -0.394 e. The van der Waals surface area contributed by atoms with Gasteiger partial charge in [0.25, 0.3) is 0 Å². The molecule has 0 spiro atoms. The van der Waals surface area contributed by atoms with Gasteiger partial charge in [0, 0.05) is 6.42 Å². The van der Waals surface area contributed by atoms with Gasteiger partial charge >= 0.3 is 0 Å². The van der Waals surface area contributed by atoms with Crippen molar-refractivity contribution in [1.29, 1.82) is 0 Å². The minimum atomic E-state index is -1.56. The molecule has 0 aromatic carbocycles. The Morgan fingerprint density at radius 1 is 0.486 bits per heavy atom. The first kappa shape index (κ1) is 66.6. The molecule has 0 aromatic rings. The van der Waals surface area contributed by atoms with Crippen LogP contribution in [0.25, 0.3) is 0 Å². The molecule has 0 radical (unpaired) electrons. The number of hydrogen-bond donors (Lipinski definition) is 6. The van der Waals surface area contributed by atoms with Gasteiger partial charge in [-0.15, -0.1) is 0 Å². The van der Waals surface area contributed by atoms with Crippen LogP contribution in [0, 0.1) is 0 Å². The summed E-state index contributed by atoms with van der Waals surface area (Å²) in [4.78, 5) is 13.0. The van der Waals surface area contributed by atoms with Crippen molar-refractivity contribution in [3.63, 3.8) is 0 Å². The molecule has 1 aliphatic heterocycles. The zero-order valence-corrected chi connectivity index (χ0v) is 45.4. The summed E-state index contributed by atoms with van der Waals surface area (Å²) in [5.41, 5.74) is 0. The molecule has 1 rings (SSSR count). The van der Waals surface area contributed by atoms with Gasteiger partial charge in [-0.25, -0.2) is 0 Å². The second kappa shape index (κ2) is 51.1. The van der Waals surface area contributed by atoms with E-state index in [2.05, 4.69) is 141 Å². The fourth-order valence-corrected chi connectivity index (χ4v) is 8.31. The molecule has 1 aliphatic rings. The SMILES string of the molecule is CC/C=C\C/C=C\C/C=C\C/C=C\C/C=C\C/C=C\C/C=C\C/C=C\C/C=C\C/C=C\CCCCCCCCC(=O)NC(COC1OC(CO)C(O)C(O)C1O)C(O)CCCCCCCCCCCCCC. The lowest BCUT2D eigenvalue weighted by Gasteiger charge is -2.40. The van der Waals surface area contributed by atoms with E-state index in [1.54, 1.807) is 0 Å². The third-order valence-corrected chi connectivity index (χ3v) is 12.8. The van der Waals surface area contributed by atoms with Crippen LogP contribution in [-0.2, 0) is 14.3 Å². The van der Waals surface area contributed by atoms with Crippen molar-refractivity contribution in [2.75, 3.05) is 13.2 Å². The lowest BCUT2D eigenvalue weighted by molar-refractivity contribution is -0.302. The van der Waals surface area contributed by atoms with Crippen molar-refractivity contribution in [2.45, 2.75) is 256 Å². The zero-order valence-electron chi connectivity index (χ0n) is 45.4. The summed E-state index contributed by atoms with van der Waals surface area (Å²) in [5.74, 6) is -0.165. The summed E-state index contributed by atoms with van der Waals surface area (Å²) in [7, 11) is 0. The fraction of sp³-hybridized carbons (Fsp3) is 0.667. The zero-order chi connectivity index (χ0) is 52.2. The molecule has 1 amide bonds. The minimum absolute atomic E-state index is 0.151. The summed E-state index contributed by atoms with van der Waals surface area (Å²) >= 11 is 0. The molecule has 410 valence electrons. The first-order valence-corrected chi connectivity index (χ1v) is 28.7. The van der Waals surface area contributed by atoms with E-state index >= 15 is 0 Å². The van der Waals surface area contributed by atoms with E-state index in [-0.39, 0.29) is 12.5 Å². The summed E-state index contributed by atoms with van der Waals surface area (Å²) in [6.07, 6.45) is 69.4. The number of carbonyl (C=O) groups excluding carboxylic acids is 1. The number of aliphatic hydroxyl groups excluding tert-OH is 5. The number of rotatable bonds is 47. The van der Waals surface area contributed by atoms with Crippen LogP contribution in [0.2, 0.25) is 0 Å². The predicted molar refractivity (Wildman–Crippen MR) is 304 cm³/mol. The maximum Gasteiger partial charge on any atom is 0.220 e. The van der Waals surface area contributed by atoms with Gasteiger partial charge in [0.2, 0.25) is 5.91 Å². The number of allylic oxidation sites excluding steroid dienone is 20. The van der Waals surface area contributed by atoms with Crippen LogP contribution in [0.5, 0.6) is 0 Å². The highest BCUT2D eigenvalue weighted by atomic mass is 16.7. The molecule has 9 heteroatoms. The second-order valence-electron chi connectivity index (χ2n) is 19.4. The molecule has 0 bridgehead atoms. The first-order chi connectivity index (χ1) is 35.3. The van der Waals surface area contributed by atoms with Gasteiger partial charge in [-0.2, -0.15) is 0 Å². The Bertz CT molecular complexity index is 1540. The predicted octanol–water partition coefficient (Wildman–Crippen LogP) is 14.3. The summed E-state index contributed by atoms with van der Waals surface area (Å²) in [6, 6.07) is -0.735. The number of hydrogen-bond acceptors (Lipinski definition) is 8. The van der Waals surface area contributed by atoms with Gasteiger partial charge in [-0.1, -0.05) is 238 Å². The van der Waals surface area contributed by atoms with Gasteiger partial charge in [0.05, 0.1) is 25.4 Å². The van der Waals surface area contributed by atoms with Crippen LogP contribution < -0.4 is 5.32 Å². The van der Waals surface area contributed by atoms with Crippen molar-refractivity contribution < 1.29 is 39.8 Å². The van der Waals surface area contributed by atoms with E-state index in [4.69, 9.17) is 9.47 Å². The normalized spacial score (nSPS) is 20.1. The van der Waals surface area contributed by atoms with Gasteiger partial charge in [0.1, 0.15) is 24.4 Å². The number of amides is 1. The van der Waals surface area contributed by atoms with Gasteiger partial charge in [-0.05, 0) is 89.9 Å². The maximum atomic E-state index is 13.0. The van der Waals surface area contributed by atoms with Crippen molar-refractivity contribution in [3.8, 4) is 0 Å². The topological polar surface area (TPSA) is 149 Å². The average Bonchev–Trinajstić information content (AvgIpc) is 3.38. The lowest BCUT2D eigenvalue weighted by Crippen LogP contribution is -2.60. The van der Waals surface area contributed by atoms with Crippen LogP contribution in [0.4, 0.5) is 0 Å². The molecule has 0 aliphatic carbocycles. The van der Waals surface area contributed by atoms with Crippen LogP contribution in [0.3, 0.4) is 0 Å². The van der Waals surface area contributed by atoms with Crippen molar-refractivity contribution >= 4 is 5.91 Å². The molecule has 7 atom stereocenters. The standard InChI is InChI=1S/C63H105NO8/c1-3-5-7-9-11-13-15-17-18-19-20-21-22-23-24-25-26-27-28-29-30-31-32-33-34-35-36-37-38-39-40-41-43-45-47-49-51-53-59(67)64-56(55-71-63-62(70)61(69)60(68)58(54-65)72-63)57(66)52-50-48-46-44-42-16-14-12-10-8-6-4-2/h5,7,11,13,17-18,20-21,23-24,26-27,29-30,32-33,35-36,38-39,56-58,60-63,65-66,68-70H,3-4,6,8-10,12,14-16,19,22,25,28,31,34,37,40-55H2,1-2H3,(H,64,67)/b7-5-,13-11-,18-17-,21-20-,24-23-,27-26-,30-29-,33-32-,36-35-,39-38-. The molecule has 6 N–H and O–H groups in total. The molecule has 1 heterocycles. The van der Waals surface area contributed by atoms with E-state index in [0.717, 1.165) is 128 Å². The van der Waals surface area contributed by atoms with E-state index in [0.29, 0.717) is 12.8 Å². The van der Waals surface area contributed by atoms with E-state index in [1.165, 1.54) is 57.8 Å². The molecular formula is C63H105NO8. The Kier molecular flexibility index (Phi) is 47.3. The molecule has 0 saturated carbocycles. The summed E-state index contributed by atoms with van der Waals surface area (Å²) in [5, 5.41) is 54.5. The van der Waals surface area contributed by atoms with Crippen molar-refractivity contribution in [3.05, 3.63) is 122 Å². The Balaban J connectivity index is 2.18. The number of aliphatic hydroxyl groups is 5. The number of carbonyl (C=O) groups is 1. The third kappa shape index (κ3) is 40.0. The van der Waals surface area contributed by atoms with Gasteiger partial charge in [-0.3, -0.25) is 4.79 Å². The smallest absolute Gasteiger partial charge is 0.220 e. The largest absolute Gasteiger partial charge is 0.394 e. The van der Waals surface area contributed by atoms with Crippen LogP contribution >= 0.6 is 0 Å². The molecule has 72 heavy (non-hydrogen) atoms. The van der Waals surface area contributed by atoms with Crippen LogP contribution in [0.1, 0.15) is 213 Å². The highest BCUT2D eigenvalue weighted by Crippen LogP contribution is 2.23. The van der Waals surface area contributed by atoms with Crippen LogP contribution in [0.15, 0.2) is 122 Å². The molecular weight excluding hydrogens is 899 g/mol. The summed E-state index contributed by atoms with van der Waals surface area (Å²) in [6.45, 7) is 3.69. The average molecular weight is 1000 g/mol. The van der Waals surface area contributed by atoms with Gasteiger partial charge in [0.15, 0.2) is 6.29 Å². The van der Waals surface area contributed by atoms with E-state index < -0.39 is 49.5 Å². The highest BCUT2D eigenvalue weighted by Gasteiger charge is 2.44. The molecule has 1 saturated heterocycles. The maximum absolute atomic E-state index is 13.0. The van der Waals surface area contributed by atoms with E-state index in [1.807, 2.05) is 0 Å². The number of ether oxygens (including phenoxy) is 2. The highest BCUT2D eigenvalue weighted by molar-refractivity contribution is 5.76. The number of unbranched alkanes of at least 4 members (excludes halogenated alkanes) is 17. The Morgan fingerprint density at radius 2 is 0.861 bits per heavy atom. The second-order valence-corrected chi connectivity index (χ2v) is 19.4. The Morgan fingerprint density at radius 3 is 1.28 bits per heavy atom. The molecule has 7 unspecified atom stereocenters. The first-order valence-electron chi connectivity index (χ1n) is 28.7. The monoisotopic (exact) mass is 1000 g/mol. The third-order valence-electron chi connectivity index (χ3n) is 12.8. The van der Waals surface area contributed by atoms with Gasteiger partial charge < -0.3 is 40.3 Å². The van der Waals surface area contributed by atoms with E-state index in [9.17, 15) is 30.3 Å². The van der Waals surface area contributed by atoms with Crippen molar-refractivity contribution in [2.24, 2.45) is 0 Å². The Labute approximate surface area is 439 Å². The number of nitrogens with one attached hydrogen (secondary N) is 1. The quantitative estimate of drug-likeness (QED) is 0.0261. The summed E-state index contributed by atoms with van der Waals surface area (Å²) < 4.78 is 11.3. The molecule has 0 aromatic heterocycles. The lowest BCUT2D eigenvalue weighted by atomic mass is 9.99. The van der Waals surface area contributed by atoms with Crippen LogP contribution in [-0.4, -0.2) is 87.5 Å². The fourth-order valence-electron chi connectivity index (χ4n) is 8.31. The molecule has 9 nitrogen and oxygen atoms in total. The Hall–Kier alpha value is -3.41. The molecule has 1 fully saturated rings. The van der Waals surface area contributed by atoms with Crippen molar-refractivity contribution in [1.82, 2.24) is 5.32 Å².